The molecule has 2 N–H and O–H groups in total. The Morgan fingerprint density at radius 3 is 1.96 bits per heavy atom. The molecule has 0 aliphatic carbocycles. The van der Waals surface area contributed by atoms with Gasteiger partial charge >= 0.3 is 0 Å². The highest BCUT2D eigenvalue weighted by Crippen LogP contribution is 2.41. The minimum absolute atomic E-state index is 0.0817. The quantitative estimate of drug-likeness (QED) is 0.327. The van der Waals surface area contributed by atoms with Gasteiger partial charge < -0.3 is 10.9 Å². The van der Waals surface area contributed by atoms with E-state index < -0.39 is 0 Å². The number of pyridine rings is 1. The van der Waals surface area contributed by atoms with Gasteiger partial charge in [0.05, 0.1) is 0 Å². The van der Waals surface area contributed by atoms with E-state index in [1.54, 1.807) is 6.07 Å². The Balaban J connectivity index is 2.04. The molecule has 0 saturated carbocycles. The van der Waals surface area contributed by atoms with Crippen LogP contribution in [-0.4, -0.2) is 6.04 Å². The van der Waals surface area contributed by atoms with Crippen molar-refractivity contribution in [2.24, 2.45) is 5.73 Å². The van der Waals surface area contributed by atoms with Crippen LogP contribution >= 0.6 is 11.8 Å². The summed E-state index contributed by atoms with van der Waals surface area (Å²) < 4.78 is 0.921. The highest BCUT2D eigenvalue weighted by atomic mass is 32.2. The monoisotopic (exact) mass is 360 g/mol. The van der Waals surface area contributed by atoms with Gasteiger partial charge in [-0.25, -0.2) is 0 Å². The number of hydrogen-bond acceptors (Lipinski definition) is 3. The summed E-state index contributed by atoms with van der Waals surface area (Å²) in [5, 5.41) is 17.6. The van der Waals surface area contributed by atoms with Crippen molar-refractivity contribution >= 4 is 33.3 Å². The summed E-state index contributed by atoms with van der Waals surface area (Å²) in [5.74, 6) is 0. The molecular weight excluding hydrogens is 340 g/mol. The van der Waals surface area contributed by atoms with Gasteiger partial charge in [0.1, 0.15) is 0 Å². The third-order valence-corrected chi connectivity index (χ3v) is 5.68. The molecule has 0 radical (unpaired) electrons. The number of benzene rings is 3. The van der Waals surface area contributed by atoms with Gasteiger partial charge in [-0.05, 0) is 58.3 Å². The van der Waals surface area contributed by atoms with Crippen LogP contribution in [-0.2, 0) is 6.42 Å². The van der Waals surface area contributed by atoms with Crippen molar-refractivity contribution in [3.63, 3.8) is 0 Å². The van der Waals surface area contributed by atoms with E-state index in [0.717, 1.165) is 26.8 Å². The number of nitrogens with two attached hydrogens (primary N) is 1. The zero-order valence-corrected chi connectivity index (χ0v) is 15.4. The molecule has 0 aliphatic rings. The molecule has 130 valence electrons. The fraction of sp³-hybridized carbons (Fsp3) is 0.136. The Labute approximate surface area is 157 Å². The minimum atomic E-state index is 0.0817. The van der Waals surface area contributed by atoms with Crippen molar-refractivity contribution in [2.45, 2.75) is 29.3 Å². The van der Waals surface area contributed by atoms with Crippen LogP contribution in [0.25, 0.3) is 21.5 Å². The Morgan fingerprint density at radius 2 is 1.42 bits per heavy atom. The molecule has 0 spiro atoms. The predicted molar refractivity (Wildman–Crippen MR) is 108 cm³/mol. The molecule has 26 heavy (non-hydrogen) atoms. The van der Waals surface area contributed by atoms with Gasteiger partial charge in [0.25, 0.3) is 5.03 Å². The lowest BCUT2D eigenvalue weighted by molar-refractivity contribution is -0.645. The average Bonchev–Trinajstić information content (AvgIpc) is 2.65. The van der Waals surface area contributed by atoms with Gasteiger partial charge in [-0.15, -0.1) is 0 Å². The molecular formula is C22H20N2OS. The van der Waals surface area contributed by atoms with Gasteiger partial charge in [0, 0.05) is 23.1 Å². The standard InChI is InChI=1S/C22H20N2OS/c1-15(23)14-20-16-8-2-4-10-18(16)22(19-11-5-3-9-17(19)20)26-21-12-6-7-13-24(21)25/h2-13,15H,14,23H2,1H3. The Bertz CT molecular complexity index is 1030. The maximum absolute atomic E-state index is 12.2. The van der Waals surface area contributed by atoms with Crippen LogP contribution in [0.1, 0.15) is 12.5 Å². The summed E-state index contributed by atoms with van der Waals surface area (Å²) in [6.45, 7) is 2.04. The zero-order chi connectivity index (χ0) is 18.1. The van der Waals surface area contributed by atoms with E-state index in [4.69, 9.17) is 5.73 Å². The lowest BCUT2D eigenvalue weighted by Crippen LogP contribution is -2.27. The highest BCUT2D eigenvalue weighted by Gasteiger charge is 2.17. The Morgan fingerprint density at radius 1 is 0.885 bits per heavy atom. The van der Waals surface area contributed by atoms with Crippen molar-refractivity contribution in [3.05, 3.63) is 83.7 Å². The van der Waals surface area contributed by atoms with Gasteiger partial charge in [0.15, 0.2) is 6.20 Å². The van der Waals surface area contributed by atoms with E-state index >= 15 is 0 Å². The second-order valence-corrected chi connectivity index (χ2v) is 7.58. The third kappa shape index (κ3) is 3.02. The van der Waals surface area contributed by atoms with Crippen molar-refractivity contribution in [1.82, 2.24) is 0 Å². The van der Waals surface area contributed by atoms with E-state index in [9.17, 15) is 5.21 Å². The molecule has 3 nitrogen and oxygen atoms in total. The van der Waals surface area contributed by atoms with Gasteiger partial charge in [-0.1, -0.05) is 48.5 Å². The predicted octanol–water partition coefficient (Wildman–Crippen LogP) is 4.67. The molecule has 1 heterocycles. The summed E-state index contributed by atoms with van der Waals surface area (Å²) in [6, 6.07) is 22.4. The van der Waals surface area contributed by atoms with Crippen LogP contribution in [0.2, 0.25) is 0 Å². The molecule has 0 amide bonds. The molecule has 1 unspecified atom stereocenters. The van der Waals surface area contributed by atoms with Gasteiger partial charge in [-0.3, -0.25) is 0 Å². The SMILES string of the molecule is CC(N)Cc1c2ccccc2c(Sc2cccc[n+]2[O-])c2ccccc12. The summed E-state index contributed by atoms with van der Waals surface area (Å²) in [5.41, 5.74) is 7.41. The lowest BCUT2D eigenvalue weighted by atomic mass is 9.93. The zero-order valence-electron chi connectivity index (χ0n) is 14.6. The van der Waals surface area contributed by atoms with E-state index in [0.29, 0.717) is 5.03 Å². The molecule has 0 aliphatic heterocycles. The molecule has 4 aromatic rings. The summed E-state index contributed by atoms with van der Waals surface area (Å²) in [4.78, 5) is 1.11. The van der Waals surface area contributed by atoms with Crippen molar-refractivity contribution in [3.8, 4) is 0 Å². The van der Waals surface area contributed by atoms with Crippen molar-refractivity contribution < 1.29 is 4.73 Å². The number of hydrogen-bond donors (Lipinski definition) is 1. The van der Waals surface area contributed by atoms with E-state index in [1.165, 1.54) is 34.3 Å². The number of fused-ring (bicyclic) bond motifs is 2. The molecule has 1 atom stereocenters. The minimum Gasteiger partial charge on any atom is -0.618 e. The van der Waals surface area contributed by atoms with Gasteiger partial charge in [0.2, 0.25) is 0 Å². The molecule has 4 heteroatoms. The van der Waals surface area contributed by atoms with E-state index in [1.807, 2.05) is 31.2 Å². The van der Waals surface area contributed by atoms with Crippen LogP contribution in [0.15, 0.2) is 82.8 Å². The third-order valence-electron chi connectivity index (χ3n) is 4.51. The first-order valence-corrected chi connectivity index (χ1v) is 9.50. The largest absolute Gasteiger partial charge is 0.618 e. The second-order valence-electron chi connectivity index (χ2n) is 6.55. The fourth-order valence-corrected chi connectivity index (χ4v) is 4.51. The maximum atomic E-state index is 12.2. The lowest BCUT2D eigenvalue weighted by Gasteiger charge is -2.17. The molecule has 1 aromatic heterocycles. The molecule has 0 bridgehead atoms. The number of nitrogens with zero attached hydrogens (tertiary/aromatic N) is 1. The number of aromatic nitrogens is 1. The second kappa shape index (κ2) is 6.98. The normalized spacial score (nSPS) is 12.5. The van der Waals surface area contributed by atoms with E-state index in [-0.39, 0.29) is 6.04 Å². The molecule has 0 fully saturated rings. The molecule has 4 rings (SSSR count). The first-order valence-electron chi connectivity index (χ1n) is 8.69. The number of rotatable bonds is 4. The van der Waals surface area contributed by atoms with Crippen LogP contribution in [0, 0.1) is 5.21 Å². The smallest absolute Gasteiger partial charge is 0.256 e. The first-order chi connectivity index (χ1) is 12.6. The summed E-state index contributed by atoms with van der Waals surface area (Å²) in [6.07, 6.45) is 2.36. The highest BCUT2D eigenvalue weighted by molar-refractivity contribution is 7.99. The van der Waals surface area contributed by atoms with Crippen LogP contribution in [0.5, 0.6) is 0 Å². The summed E-state index contributed by atoms with van der Waals surface area (Å²) >= 11 is 1.52. The first kappa shape index (κ1) is 16.9. The maximum Gasteiger partial charge on any atom is 0.256 e. The van der Waals surface area contributed by atoms with Crippen LogP contribution in [0.4, 0.5) is 0 Å². The van der Waals surface area contributed by atoms with E-state index in [2.05, 4.69) is 36.4 Å². The van der Waals surface area contributed by atoms with Crippen molar-refractivity contribution in [1.29, 1.82) is 0 Å². The fourth-order valence-electron chi connectivity index (χ4n) is 3.43. The molecule has 3 aromatic carbocycles. The van der Waals surface area contributed by atoms with Crippen LogP contribution in [0.3, 0.4) is 0 Å². The van der Waals surface area contributed by atoms with Gasteiger partial charge in [-0.2, -0.15) is 4.73 Å². The summed E-state index contributed by atoms with van der Waals surface area (Å²) in [7, 11) is 0. The topological polar surface area (TPSA) is 53.0 Å². The van der Waals surface area contributed by atoms with Crippen molar-refractivity contribution in [2.75, 3.05) is 0 Å². The Kier molecular flexibility index (Phi) is 4.53. The average molecular weight is 360 g/mol. The molecule has 0 saturated heterocycles. The van der Waals surface area contributed by atoms with Crippen LogP contribution < -0.4 is 10.5 Å². The Hall–Kier alpha value is -2.56.